The molecule has 5 heteroatoms. The first-order chi connectivity index (χ1) is 8.11. The molecule has 2 rings (SSSR count). The molecule has 0 radical (unpaired) electrons. The van der Waals surface area contributed by atoms with E-state index in [1.54, 1.807) is 37.4 Å². The average Bonchev–Trinajstić information content (AvgIpc) is 2.69. The highest BCUT2D eigenvalue weighted by Gasteiger charge is 2.14. The van der Waals surface area contributed by atoms with Gasteiger partial charge in [-0.2, -0.15) is 0 Å². The zero-order valence-corrected chi connectivity index (χ0v) is 12.0. The van der Waals surface area contributed by atoms with Crippen LogP contribution in [0.3, 0.4) is 0 Å². The summed E-state index contributed by atoms with van der Waals surface area (Å²) < 4.78 is 6.41. The Labute approximate surface area is 116 Å². The van der Waals surface area contributed by atoms with E-state index in [9.17, 15) is 4.79 Å². The molecule has 0 atom stereocenters. The number of carbonyl (C=O) groups excluding carboxylic acids is 1. The van der Waals surface area contributed by atoms with Gasteiger partial charge in [-0.1, -0.05) is 23.7 Å². The van der Waals surface area contributed by atoms with E-state index >= 15 is 0 Å². The molecule has 0 N–H and O–H groups in total. The van der Waals surface area contributed by atoms with Crippen molar-refractivity contribution >= 4 is 44.7 Å². The fourth-order valence-corrected chi connectivity index (χ4v) is 3.03. The van der Waals surface area contributed by atoms with Crippen molar-refractivity contribution in [3.8, 4) is 5.75 Å². The summed E-state index contributed by atoms with van der Waals surface area (Å²) in [4.78, 5) is 12.8. The van der Waals surface area contributed by atoms with Gasteiger partial charge in [0.05, 0.1) is 12.0 Å². The first-order valence-electron chi connectivity index (χ1n) is 4.75. The van der Waals surface area contributed by atoms with Crippen molar-refractivity contribution in [1.82, 2.24) is 0 Å². The van der Waals surface area contributed by atoms with Gasteiger partial charge in [0.1, 0.15) is 10.1 Å². The summed E-state index contributed by atoms with van der Waals surface area (Å²) in [5.41, 5.74) is 0.592. The molecule has 0 unspecified atom stereocenters. The van der Waals surface area contributed by atoms with Crippen molar-refractivity contribution in [1.29, 1.82) is 0 Å². The van der Waals surface area contributed by atoms with Gasteiger partial charge in [-0.15, -0.1) is 11.3 Å². The monoisotopic (exact) mass is 330 g/mol. The zero-order chi connectivity index (χ0) is 12.4. The highest BCUT2D eigenvalue weighted by molar-refractivity contribution is 9.10. The Kier molecular flexibility index (Phi) is 3.86. The molecule has 17 heavy (non-hydrogen) atoms. The maximum atomic E-state index is 12.2. The molecule has 0 spiro atoms. The largest absolute Gasteiger partial charge is 0.497 e. The van der Waals surface area contributed by atoms with Crippen molar-refractivity contribution in [2.75, 3.05) is 7.11 Å². The third kappa shape index (κ3) is 2.70. The summed E-state index contributed by atoms with van der Waals surface area (Å²) in [5, 5.41) is 0. The van der Waals surface area contributed by atoms with Gasteiger partial charge in [-0.3, -0.25) is 4.79 Å². The highest BCUT2D eigenvalue weighted by atomic mass is 79.9. The third-order valence-corrected chi connectivity index (χ3v) is 4.67. The topological polar surface area (TPSA) is 26.3 Å². The van der Waals surface area contributed by atoms with Gasteiger partial charge in [-0.05, 0) is 34.1 Å². The molecule has 0 aliphatic rings. The summed E-state index contributed by atoms with van der Waals surface area (Å²) >= 11 is 10.5. The van der Waals surface area contributed by atoms with E-state index in [4.69, 9.17) is 16.3 Å². The minimum Gasteiger partial charge on any atom is -0.497 e. The van der Waals surface area contributed by atoms with Gasteiger partial charge in [0.2, 0.25) is 5.78 Å². The van der Waals surface area contributed by atoms with E-state index in [0.29, 0.717) is 20.5 Å². The molecule has 0 amide bonds. The Morgan fingerprint density at radius 2 is 2.18 bits per heavy atom. The van der Waals surface area contributed by atoms with Crippen molar-refractivity contribution in [3.05, 3.63) is 49.6 Å². The smallest absolute Gasteiger partial charge is 0.203 e. The summed E-state index contributed by atoms with van der Waals surface area (Å²) in [6, 6.07) is 8.79. The van der Waals surface area contributed by atoms with Crippen LogP contribution in [0, 0.1) is 0 Å². The molecule has 0 saturated heterocycles. The Bertz CT molecular complexity index is 546. The number of hydrogen-bond donors (Lipinski definition) is 0. The van der Waals surface area contributed by atoms with Gasteiger partial charge < -0.3 is 4.74 Å². The summed E-state index contributed by atoms with van der Waals surface area (Å²) in [5.74, 6) is 0.610. The van der Waals surface area contributed by atoms with Crippen LogP contribution in [0.1, 0.15) is 15.2 Å². The van der Waals surface area contributed by atoms with E-state index < -0.39 is 0 Å². The lowest BCUT2D eigenvalue weighted by Gasteiger charge is -2.01. The molecule has 1 aromatic carbocycles. The van der Waals surface area contributed by atoms with Crippen LogP contribution in [-0.2, 0) is 0 Å². The lowest BCUT2D eigenvalue weighted by atomic mass is 10.1. The van der Waals surface area contributed by atoms with Crippen LogP contribution in [0.25, 0.3) is 0 Å². The van der Waals surface area contributed by atoms with Crippen LogP contribution < -0.4 is 4.74 Å². The molecule has 1 aromatic heterocycles. The quantitative estimate of drug-likeness (QED) is 0.779. The molecule has 0 aliphatic heterocycles. The van der Waals surface area contributed by atoms with Gasteiger partial charge in [0, 0.05) is 10.0 Å². The molecule has 2 aromatic rings. The Hall–Kier alpha value is -0.840. The van der Waals surface area contributed by atoms with Gasteiger partial charge in [0.25, 0.3) is 0 Å². The normalized spacial score (nSPS) is 10.3. The molecular weight excluding hydrogens is 324 g/mol. The second-order valence-electron chi connectivity index (χ2n) is 3.29. The zero-order valence-electron chi connectivity index (χ0n) is 8.87. The van der Waals surface area contributed by atoms with Gasteiger partial charge in [-0.25, -0.2) is 0 Å². The number of thiophene rings is 1. The predicted octanol–water partition coefficient (Wildman–Crippen LogP) is 4.40. The number of ether oxygens (including phenoxy) is 1. The summed E-state index contributed by atoms with van der Waals surface area (Å²) in [6.45, 7) is 0. The van der Waals surface area contributed by atoms with Crippen molar-refractivity contribution in [2.45, 2.75) is 0 Å². The molecular formula is C12H8BrClO2S. The van der Waals surface area contributed by atoms with Crippen LogP contribution in [0.5, 0.6) is 5.75 Å². The Morgan fingerprint density at radius 1 is 1.41 bits per heavy atom. The van der Waals surface area contributed by atoms with Crippen molar-refractivity contribution in [2.24, 2.45) is 0 Å². The van der Waals surface area contributed by atoms with Crippen molar-refractivity contribution < 1.29 is 9.53 Å². The summed E-state index contributed by atoms with van der Waals surface area (Å²) in [6.07, 6.45) is 0. The molecule has 0 saturated carbocycles. The second kappa shape index (κ2) is 5.21. The van der Waals surface area contributed by atoms with E-state index in [1.807, 2.05) is 0 Å². The standard InChI is InChI=1S/C12H8BrClO2S/c1-16-8-4-2-3-7(5-8)11(15)10-6-9(13)12(14)17-10/h2-6H,1H3. The van der Waals surface area contributed by atoms with Crippen molar-refractivity contribution in [3.63, 3.8) is 0 Å². The minimum absolute atomic E-state index is 0.0542. The fourth-order valence-electron chi connectivity index (χ4n) is 1.37. The number of carbonyl (C=O) groups is 1. The van der Waals surface area contributed by atoms with Gasteiger partial charge >= 0.3 is 0 Å². The number of hydrogen-bond acceptors (Lipinski definition) is 3. The SMILES string of the molecule is COc1cccc(C(=O)c2cc(Br)c(Cl)s2)c1. The summed E-state index contributed by atoms with van der Waals surface area (Å²) in [7, 11) is 1.57. The average molecular weight is 332 g/mol. The number of methoxy groups -OCH3 is 1. The first-order valence-corrected chi connectivity index (χ1v) is 6.74. The van der Waals surface area contributed by atoms with E-state index in [0.717, 1.165) is 4.47 Å². The van der Waals surface area contributed by atoms with Crippen LogP contribution in [-0.4, -0.2) is 12.9 Å². The molecule has 88 valence electrons. The second-order valence-corrected chi connectivity index (χ2v) is 5.80. The lowest BCUT2D eigenvalue weighted by molar-refractivity contribution is 0.104. The molecule has 0 bridgehead atoms. The van der Waals surface area contributed by atoms with Crippen LogP contribution in [0.15, 0.2) is 34.8 Å². The number of halogens is 2. The molecule has 1 heterocycles. The van der Waals surface area contributed by atoms with Crippen LogP contribution >= 0.6 is 38.9 Å². The lowest BCUT2D eigenvalue weighted by Crippen LogP contribution is -1.98. The Balaban J connectivity index is 2.36. The van der Waals surface area contributed by atoms with Crippen LogP contribution in [0.4, 0.5) is 0 Å². The number of ketones is 1. The third-order valence-electron chi connectivity index (χ3n) is 2.20. The van der Waals surface area contributed by atoms with E-state index in [-0.39, 0.29) is 5.78 Å². The van der Waals surface area contributed by atoms with Crippen LogP contribution in [0.2, 0.25) is 4.34 Å². The molecule has 2 nitrogen and oxygen atoms in total. The fraction of sp³-hybridized carbons (Fsp3) is 0.0833. The highest BCUT2D eigenvalue weighted by Crippen LogP contribution is 2.33. The van der Waals surface area contributed by atoms with Gasteiger partial charge in [0.15, 0.2) is 0 Å². The maximum Gasteiger partial charge on any atom is 0.203 e. The maximum absolute atomic E-state index is 12.2. The van der Waals surface area contributed by atoms with E-state index in [1.165, 1.54) is 11.3 Å². The molecule has 0 fully saturated rings. The Morgan fingerprint density at radius 3 is 2.76 bits per heavy atom. The van der Waals surface area contributed by atoms with E-state index in [2.05, 4.69) is 15.9 Å². The minimum atomic E-state index is -0.0542. The first kappa shape index (κ1) is 12.6. The predicted molar refractivity (Wildman–Crippen MR) is 73.5 cm³/mol. The molecule has 0 aliphatic carbocycles. The number of rotatable bonds is 3. The number of benzene rings is 1.